The van der Waals surface area contributed by atoms with Crippen molar-refractivity contribution < 1.29 is 28.2 Å². The summed E-state index contributed by atoms with van der Waals surface area (Å²) in [5.41, 5.74) is 6.66. The number of hydrogen-bond acceptors (Lipinski definition) is 7. The molecule has 0 radical (unpaired) electrons. The van der Waals surface area contributed by atoms with Gasteiger partial charge in [-0.1, -0.05) is 104 Å². The molecule has 5 aromatic rings. The summed E-state index contributed by atoms with van der Waals surface area (Å²) in [5, 5.41) is 0.664. The minimum absolute atomic E-state index is 0.0307. The Hall–Kier alpha value is -5.43. The summed E-state index contributed by atoms with van der Waals surface area (Å²) in [6.07, 6.45) is 7.39. The lowest BCUT2D eigenvalue weighted by atomic mass is 9.71. The molecule has 7 nitrogen and oxygen atoms in total. The van der Waals surface area contributed by atoms with E-state index in [0.717, 1.165) is 68.1 Å². The van der Waals surface area contributed by atoms with E-state index in [1.54, 1.807) is 6.07 Å². The molecule has 4 aromatic carbocycles. The molecule has 4 heterocycles. The first kappa shape index (κ1) is 39.4. The second kappa shape index (κ2) is 17.2. The zero-order valence-electron chi connectivity index (χ0n) is 34.0. The molecule has 0 N–H and O–H groups in total. The summed E-state index contributed by atoms with van der Waals surface area (Å²) in [7, 11) is 0. The Morgan fingerprint density at radius 1 is 0.724 bits per heavy atom. The van der Waals surface area contributed by atoms with Gasteiger partial charge in [-0.25, -0.2) is 9.59 Å². The SMILES string of the molecule is CC(C)=C1CCc2ccc(cc2)C[C@H](CCc2cccc(Cc3ccccc3)c2)CC(=O)O[C@@H]2c3c(ccc4ccc(=O)oc34)O[C@@](C)(C3CCCCC3)[C@H]2OC1=O. The van der Waals surface area contributed by atoms with Crippen molar-refractivity contribution in [1.29, 1.82) is 0 Å². The number of aryl methyl sites for hydroxylation is 2. The van der Waals surface area contributed by atoms with Gasteiger partial charge in [0.1, 0.15) is 16.9 Å². The average molecular weight is 779 g/mol. The van der Waals surface area contributed by atoms with Crippen LogP contribution in [0.15, 0.2) is 123 Å². The highest BCUT2D eigenvalue weighted by Gasteiger charge is 2.56. The predicted molar refractivity (Wildman–Crippen MR) is 226 cm³/mol. The quantitative estimate of drug-likeness (QED) is 0.0963. The monoisotopic (exact) mass is 778 g/mol. The van der Waals surface area contributed by atoms with E-state index in [1.807, 2.05) is 39.0 Å². The molecule has 58 heavy (non-hydrogen) atoms. The number of ether oxygens (including phenoxy) is 3. The Kier molecular flexibility index (Phi) is 11.7. The van der Waals surface area contributed by atoms with Crippen LogP contribution in [0.25, 0.3) is 11.0 Å². The van der Waals surface area contributed by atoms with Gasteiger partial charge in [-0.2, -0.15) is 0 Å². The summed E-state index contributed by atoms with van der Waals surface area (Å²) in [6.45, 7) is 5.88. The summed E-state index contributed by atoms with van der Waals surface area (Å²) in [4.78, 5) is 41.9. The molecule has 0 saturated heterocycles. The molecule has 1 fully saturated rings. The van der Waals surface area contributed by atoms with Gasteiger partial charge in [-0.3, -0.25) is 4.79 Å². The van der Waals surface area contributed by atoms with Gasteiger partial charge in [0.2, 0.25) is 0 Å². The van der Waals surface area contributed by atoms with Gasteiger partial charge in [0.15, 0.2) is 12.2 Å². The van der Waals surface area contributed by atoms with Crippen LogP contribution in [-0.2, 0) is 44.7 Å². The van der Waals surface area contributed by atoms with Crippen molar-refractivity contribution in [2.24, 2.45) is 11.8 Å². The predicted octanol–water partition coefficient (Wildman–Crippen LogP) is 10.8. The van der Waals surface area contributed by atoms with Crippen LogP contribution in [0.5, 0.6) is 5.75 Å². The molecular weight excluding hydrogens is 725 g/mol. The first-order valence-electron chi connectivity index (χ1n) is 21.1. The van der Waals surface area contributed by atoms with Crippen molar-refractivity contribution in [1.82, 2.24) is 0 Å². The number of rotatable bonds is 6. The molecule has 4 atom stereocenters. The largest absolute Gasteiger partial charge is 0.483 e. The van der Waals surface area contributed by atoms with E-state index >= 15 is 0 Å². The molecule has 0 amide bonds. The van der Waals surface area contributed by atoms with E-state index < -0.39 is 35.4 Å². The number of carbonyl (C=O) groups excluding carboxylic acids is 2. The van der Waals surface area contributed by atoms with Crippen LogP contribution in [-0.4, -0.2) is 23.6 Å². The lowest BCUT2D eigenvalue weighted by Crippen LogP contribution is -2.58. The lowest BCUT2D eigenvalue weighted by Gasteiger charge is -2.49. The van der Waals surface area contributed by atoms with Crippen molar-refractivity contribution in [2.45, 2.75) is 116 Å². The van der Waals surface area contributed by atoms with E-state index in [2.05, 4.69) is 72.8 Å². The van der Waals surface area contributed by atoms with E-state index in [0.29, 0.717) is 41.5 Å². The highest BCUT2D eigenvalue weighted by Crippen LogP contribution is 2.51. The Balaban J connectivity index is 1.18. The smallest absolute Gasteiger partial charge is 0.336 e. The molecule has 1 aromatic heterocycles. The molecule has 7 heteroatoms. The number of carbonyl (C=O) groups is 2. The molecule has 9 rings (SSSR count). The Morgan fingerprint density at radius 2 is 1.45 bits per heavy atom. The lowest BCUT2D eigenvalue weighted by molar-refractivity contribution is -0.201. The summed E-state index contributed by atoms with van der Waals surface area (Å²) < 4.78 is 26.2. The fourth-order valence-corrected chi connectivity index (χ4v) is 9.52. The topological polar surface area (TPSA) is 92.0 Å². The van der Waals surface area contributed by atoms with Gasteiger partial charge < -0.3 is 18.6 Å². The van der Waals surface area contributed by atoms with Crippen LogP contribution < -0.4 is 10.4 Å². The minimum Gasteiger partial charge on any atom is -0.483 e. The van der Waals surface area contributed by atoms with Gasteiger partial charge in [-0.15, -0.1) is 0 Å². The zero-order valence-corrected chi connectivity index (χ0v) is 34.0. The van der Waals surface area contributed by atoms with E-state index in [-0.39, 0.29) is 23.8 Å². The van der Waals surface area contributed by atoms with Gasteiger partial charge in [-0.05, 0) is 124 Å². The normalized spacial score (nSPS) is 23.0. The third kappa shape index (κ3) is 8.69. The number of allylic oxidation sites excluding steroid dienone is 1. The maximum atomic E-state index is 14.6. The van der Waals surface area contributed by atoms with Crippen LogP contribution in [0, 0.1) is 11.8 Å². The van der Waals surface area contributed by atoms with Crippen molar-refractivity contribution in [2.75, 3.05) is 0 Å². The highest BCUT2D eigenvalue weighted by molar-refractivity contribution is 5.90. The molecule has 1 aliphatic carbocycles. The van der Waals surface area contributed by atoms with Gasteiger partial charge >= 0.3 is 17.6 Å². The van der Waals surface area contributed by atoms with Crippen molar-refractivity contribution in [3.63, 3.8) is 0 Å². The molecule has 4 aliphatic rings. The average Bonchev–Trinajstić information content (AvgIpc) is 3.22. The second-order valence-electron chi connectivity index (χ2n) is 17.1. The molecule has 0 spiro atoms. The first-order chi connectivity index (χ1) is 28.1. The van der Waals surface area contributed by atoms with Gasteiger partial charge in [0.25, 0.3) is 0 Å². The summed E-state index contributed by atoms with van der Waals surface area (Å²) in [6, 6.07) is 34.6. The number of hydrogen-bond donors (Lipinski definition) is 0. The summed E-state index contributed by atoms with van der Waals surface area (Å²) in [5.74, 6) is -0.358. The Morgan fingerprint density at radius 3 is 2.22 bits per heavy atom. The number of fused-ring (bicyclic) bond motifs is 13. The highest BCUT2D eigenvalue weighted by atomic mass is 16.6. The molecular formula is C51H54O7. The van der Waals surface area contributed by atoms with E-state index in [9.17, 15) is 14.4 Å². The number of benzene rings is 4. The van der Waals surface area contributed by atoms with Crippen LogP contribution in [0.4, 0.5) is 0 Å². The maximum absolute atomic E-state index is 14.6. The maximum Gasteiger partial charge on any atom is 0.336 e. The minimum atomic E-state index is -1.07. The molecule has 3 aliphatic heterocycles. The number of esters is 2. The fourth-order valence-electron chi connectivity index (χ4n) is 9.52. The van der Waals surface area contributed by atoms with E-state index in [4.69, 9.17) is 18.6 Å². The standard InChI is InChI=1S/C51H54O7/c1-33(2)42-26-23-34-17-19-37(20-18-34)31-39(22-21-36-13-10-14-38(30-36)29-35-11-6-4-7-12-35)32-45(53)56-48-46-43(27-24-40-25-28-44(52)55-47(40)46)58-51(3,49(48)57-50(42)54)41-15-8-5-9-16-41/h4,6-7,10-14,17-20,24-25,27-28,30,39,41,48-49H,5,8-9,15-16,21-23,26,29,31-32H2,1-3H3/t39-,48+,49-,51-/m0/s1. The Labute approximate surface area is 341 Å². The van der Waals surface area contributed by atoms with Crippen molar-refractivity contribution in [3.8, 4) is 5.75 Å². The van der Waals surface area contributed by atoms with Gasteiger partial charge in [0, 0.05) is 29.4 Å². The second-order valence-corrected chi connectivity index (χ2v) is 17.1. The molecule has 0 unspecified atom stereocenters. The Bertz CT molecular complexity index is 2350. The van der Waals surface area contributed by atoms with Crippen molar-refractivity contribution in [3.05, 3.63) is 158 Å². The van der Waals surface area contributed by atoms with Crippen LogP contribution in [0.2, 0.25) is 0 Å². The molecule has 300 valence electrons. The molecule has 2 bridgehead atoms. The van der Waals surface area contributed by atoms with E-state index in [1.165, 1.54) is 22.8 Å². The van der Waals surface area contributed by atoms with Gasteiger partial charge in [0.05, 0.1) is 5.56 Å². The van der Waals surface area contributed by atoms with Crippen LogP contribution >= 0.6 is 0 Å². The third-order valence-electron chi connectivity index (χ3n) is 12.8. The fraction of sp³-hybridized carbons (Fsp3) is 0.392. The van der Waals surface area contributed by atoms with Crippen LogP contribution in [0.1, 0.15) is 112 Å². The van der Waals surface area contributed by atoms with Crippen molar-refractivity contribution >= 4 is 22.9 Å². The first-order valence-corrected chi connectivity index (χ1v) is 21.1. The molecule has 1 saturated carbocycles. The third-order valence-corrected chi connectivity index (χ3v) is 12.8. The zero-order chi connectivity index (χ0) is 40.2. The summed E-state index contributed by atoms with van der Waals surface area (Å²) >= 11 is 0. The van der Waals surface area contributed by atoms with Crippen LogP contribution in [0.3, 0.4) is 0 Å².